The molecule has 5 heteroatoms. The van der Waals surface area contributed by atoms with Gasteiger partial charge in [0, 0.05) is 30.0 Å². The van der Waals surface area contributed by atoms with Crippen LogP contribution < -0.4 is 0 Å². The molecule has 3 nitrogen and oxygen atoms in total. The summed E-state index contributed by atoms with van der Waals surface area (Å²) >= 11 is 0. The second-order valence-corrected chi connectivity index (χ2v) is 23.6. The minimum Gasteiger partial charge on any atom is -0.417 e. The van der Waals surface area contributed by atoms with Crippen molar-refractivity contribution in [1.29, 1.82) is 0 Å². The van der Waals surface area contributed by atoms with Crippen molar-refractivity contribution in [3.8, 4) is 0 Å². The standard InChI is InChI=1S/C25H48O3Si2/c1-22(2,3)29(8,9)27-16-20-18-13-12-14-24(18,7)21(26)19-15-25(19,20)17-28-30(10,11)23(4,5)6/h18-20H,12-17H2,1-11H3/t18-,19+,20+,24-,25-/m1/s1. The van der Waals surface area contributed by atoms with E-state index in [9.17, 15) is 4.79 Å². The molecule has 0 amide bonds. The molecule has 5 atom stereocenters. The van der Waals surface area contributed by atoms with Crippen LogP contribution in [0.25, 0.3) is 0 Å². The van der Waals surface area contributed by atoms with Gasteiger partial charge in [-0.1, -0.05) is 54.9 Å². The number of ketones is 1. The fraction of sp³-hybridized carbons (Fsp3) is 0.960. The smallest absolute Gasteiger partial charge is 0.192 e. The van der Waals surface area contributed by atoms with Crippen LogP contribution in [0.2, 0.25) is 36.3 Å². The first-order valence-electron chi connectivity index (χ1n) is 12.2. The molecule has 3 rings (SSSR count). The van der Waals surface area contributed by atoms with Gasteiger partial charge in [-0.2, -0.15) is 0 Å². The first-order valence-corrected chi connectivity index (χ1v) is 18.0. The van der Waals surface area contributed by atoms with Gasteiger partial charge in [0.2, 0.25) is 0 Å². The Hall–Kier alpha value is 0.0238. The molecule has 0 spiro atoms. The molecule has 3 fully saturated rings. The average Bonchev–Trinajstić information content (AvgIpc) is 3.18. The van der Waals surface area contributed by atoms with Crippen molar-refractivity contribution in [3.05, 3.63) is 0 Å². The highest BCUT2D eigenvalue weighted by molar-refractivity contribution is 6.74. The summed E-state index contributed by atoms with van der Waals surface area (Å²) in [6.07, 6.45) is 4.47. The van der Waals surface area contributed by atoms with Crippen LogP contribution in [-0.4, -0.2) is 35.6 Å². The van der Waals surface area contributed by atoms with Crippen LogP contribution in [0.4, 0.5) is 0 Å². The molecular weight excluding hydrogens is 404 g/mol. The molecule has 3 aliphatic carbocycles. The molecule has 0 unspecified atom stereocenters. The minimum atomic E-state index is -1.85. The lowest BCUT2D eigenvalue weighted by atomic mass is 9.60. The quantitative estimate of drug-likeness (QED) is 0.405. The van der Waals surface area contributed by atoms with E-state index in [1.807, 2.05) is 0 Å². The van der Waals surface area contributed by atoms with E-state index in [2.05, 4.69) is 74.7 Å². The van der Waals surface area contributed by atoms with Crippen molar-refractivity contribution in [3.63, 3.8) is 0 Å². The van der Waals surface area contributed by atoms with Crippen molar-refractivity contribution in [2.24, 2.45) is 28.6 Å². The zero-order valence-corrected chi connectivity index (χ0v) is 23.7. The summed E-state index contributed by atoms with van der Waals surface area (Å²) in [6, 6.07) is 0. The van der Waals surface area contributed by atoms with Gasteiger partial charge in [0.25, 0.3) is 0 Å². The maximum Gasteiger partial charge on any atom is 0.192 e. The number of hydrogen-bond donors (Lipinski definition) is 0. The number of hydrogen-bond acceptors (Lipinski definition) is 3. The van der Waals surface area contributed by atoms with Gasteiger partial charge in [-0.15, -0.1) is 0 Å². The summed E-state index contributed by atoms with van der Waals surface area (Å²) in [5.41, 5.74) is -0.0907. The topological polar surface area (TPSA) is 35.5 Å². The van der Waals surface area contributed by atoms with E-state index in [0.29, 0.717) is 17.6 Å². The van der Waals surface area contributed by atoms with Gasteiger partial charge in [-0.3, -0.25) is 4.79 Å². The van der Waals surface area contributed by atoms with Crippen molar-refractivity contribution < 1.29 is 13.6 Å². The summed E-state index contributed by atoms with van der Waals surface area (Å²) in [6.45, 7) is 27.1. The lowest BCUT2D eigenvalue weighted by molar-refractivity contribution is -0.141. The molecular formula is C25H48O3Si2. The summed E-state index contributed by atoms with van der Waals surface area (Å²) < 4.78 is 13.6. The van der Waals surface area contributed by atoms with E-state index in [4.69, 9.17) is 8.85 Å². The third-order valence-corrected chi connectivity index (χ3v) is 19.2. The summed E-state index contributed by atoms with van der Waals surface area (Å²) in [5, 5.41) is 0.409. The highest BCUT2D eigenvalue weighted by Crippen LogP contribution is 2.71. The first-order chi connectivity index (χ1) is 13.4. The van der Waals surface area contributed by atoms with Crippen LogP contribution in [0.1, 0.15) is 74.1 Å². The SMILES string of the molecule is CC(C)(C)[Si](C)(C)OC[C@H]1[C@H]2CCC[C@@]2(C)C(=O)[C@@H]2C[C@@]21CO[Si](C)(C)C(C)(C)C. The molecule has 0 radical (unpaired) electrons. The predicted octanol–water partition coefficient (Wildman–Crippen LogP) is 7.04. The molecule has 0 aromatic rings. The van der Waals surface area contributed by atoms with Crippen LogP contribution in [0.15, 0.2) is 0 Å². The molecule has 0 saturated heterocycles. The van der Waals surface area contributed by atoms with Crippen LogP contribution in [0.5, 0.6) is 0 Å². The highest BCUT2D eigenvalue weighted by atomic mass is 28.4. The zero-order valence-electron chi connectivity index (χ0n) is 21.7. The molecule has 3 aliphatic rings. The number of Topliss-reactive ketones (excluding diaryl/α,β-unsaturated/α-hetero) is 1. The van der Waals surface area contributed by atoms with E-state index in [1.54, 1.807) is 0 Å². The van der Waals surface area contributed by atoms with Crippen molar-refractivity contribution in [1.82, 2.24) is 0 Å². The van der Waals surface area contributed by atoms with Gasteiger partial charge in [-0.25, -0.2) is 0 Å². The monoisotopic (exact) mass is 452 g/mol. The number of carbonyl (C=O) groups excluding carboxylic acids is 1. The molecule has 0 aromatic heterocycles. The van der Waals surface area contributed by atoms with E-state index in [-0.39, 0.29) is 26.8 Å². The fourth-order valence-corrected chi connectivity index (χ4v) is 7.71. The predicted molar refractivity (Wildman–Crippen MR) is 131 cm³/mol. The molecule has 30 heavy (non-hydrogen) atoms. The largest absolute Gasteiger partial charge is 0.417 e. The molecule has 0 aliphatic heterocycles. The van der Waals surface area contributed by atoms with Crippen LogP contribution >= 0.6 is 0 Å². The van der Waals surface area contributed by atoms with Gasteiger partial charge in [-0.05, 0) is 67.4 Å². The third-order valence-electron chi connectivity index (χ3n) is 10.2. The Morgan fingerprint density at radius 3 is 2.03 bits per heavy atom. The number of rotatable bonds is 6. The van der Waals surface area contributed by atoms with Gasteiger partial charge >= 0.3 is 0 Å². The Bertz CT molecular complexity index is 687. The van der Waals surface area contributed by atoms with Crippen LogP contribution in [0, 0.1) is 28.6 Å². The Labute approximate surface area is 188 Å². The van der Waals surface area contributed by atoms with E-state index in [0.717, 1.165) is 26.1 Å². The second kappa shape index (κ2) is 7.26. The second-order valence-electron chi connectivity index (χ2n) is 14.0. The normalized spacial score (nSPS) is 37.2. The maximum atomic E-state index is 13.5. The van der Waals surface area contributed by atoms with Crippen molar-refractivity contribution in [2.45, 2.75) is 110 Å². The molecule has 0 N–H and O–H groups in total. The lowest BCUT2D eigenvalue weighted by Gasteiger charge is -2.48. The van der Waals surface area contributed by atoms with Gasteiger partial charge in [0.05, 0.1) is 0 Å². The Morgan fingerprint density at radius 2 is 1.50 bits per heavy atom. The van der Waals surface area contributed by atoms with E-state index in [1.165, 1.54) is 12.8 Å². The molecule has 0 aromatic carbocycles. The summed E-state index contributed by atoms with van der Waals surface area (Å²) in [7, 11) is -3.67. The van der Waals surface area contributed by atoms with Gasteiger partial charge in [0.15, 0.2) is 16.6 Å². The average molecular weight is 453 g/mol. The third kappa shape index (κ3) is 3.84. The summed E-state index contributed by atoms with van der Waals surface area (Å²) in [4.78, 5) is 13.5. The van der Waals surface area contributed by atoms with Crippen molar-refractivity contribution in [2.75, 3.05) is 13.2 Å². The fourth-order valence-electron chi connectivity index (χ4n) is 5.62. The molecule has 0 heterocycles. The number of carbonyl (C=O) groups is 1. The molecule has 0 bridgehead atoms. The highest BCUT2D eigenvalue weighted by Gasteiger charge is 2.73. The molecule has 174 valence electrons. The maximum absolute atomic E-state index is 13.5. The van der Waals surface area contributed by atoms with Gasteiger partial charge in [0.1, 0.15) is 5.78 Å². The van der Waals surface area contributed by atoms with Crippen molar-refractivity contribution >= 4 is 22.4 Å². The van der Waals surface area contributed by atoms with Crippen LogP contribution in [0.3, 0.4) is 0 Å². The lowest BCUT2D eigenvalue weighted by Crippen LogP contribution is -2.52. The summed E-state index contributed by atoms with van der Waals surface area (Å²) in [5.74, 6) is 1.69. The number of fused-ring (bicyclic) bond motifs is 2. The zero-order chi connectivity index (χ0) is 23.0. The van der Waals surface area contributed by atoms with Gasteiger partial charge < -0.3 is 8.85 Å². The Morgan fingerprint density at radius 1 is 0.967 bits per heavy atom. The Balaban J connectivity index is 1.87. The Kier molecular flexibility index (Phi) is 5.97. The molecule has 3 saturated carbocycles. The minimum absolute atomic E-state index is 0.0312. The van der Waals surface area contributed by atoms with E-state index < -0.39 is 16.6 Å². The van der Waals surface area contributed by atoms with E-state index >= 15 is 0 Å². The first kappa shape index (κ1) is 24.7. The van der Waals surface area contributed by atoms with Crippen LogP contribution in [-0.2, 0) is 13.6 Å².